The molecule has 3 aliphatic rings. The number of hydrogen-bond acceptors (Lipinski definition) is 2. The van der Waals surface area contributed by atoms with Gasteiger partial charge in [0.1, 0.15) is 0 Å². The molecule has 3 rings (SSSR count). The molecule has 2 aliphatic heterocycles. The van der Waals surface area contributed by atoms with Gasteiger partial charge < -0.3 is 0 Å². The van der Waals surface area contributed by atoms with Crippen molar-refractivity contribution in [1.82, 2.24) is 5.01 Å². The molecule has 2 N–H and O–H groups in total. The van der Waals surface area contributed by atoms with Gasteiger partial charge in [0.2, 0.25) is 0 Å². The second-order valence-electron chi connectivity index (χ2n) is 4.57. The maximum absolute atomic E-state index is 6.03. The summed E-state index contributed by atoms with van der Waals surface area (Å²) in [7, 11) is 0. The molecule has 0 spiro atoms. The number of hydrazine groups is 1. The molecule has 1 saturated carbocycles. The fraction of sp³-hybridized carbons (Fsp3) is 1.00. The lowest BCUT2D eigenvalue weighted by Gasteiger charge is -2.54. The highest BCUT2D eigenvalue weighted by atomic mass is 15.5. The van der Waals surface area contributed by atoms with Gasteiger partial charge >= 0.3 is 0 Å². The van der Waals surface area contributed by atoms with Crippen LogP contribution in [0.2, 0.25) is 0 Å². The fourth-order valence-corrected chi connectivity index (χ4v) is 2.74. The predicted molar refractivity (Wildman–Crippen MR) is 45.9 cm³/mol. The second kappa shape index (κ2) is 2.20. The number of piperidine rings is 2. The highest BCUT2D eigenvalue weighted by molar-refractivity contribution is 4.99. The van der Waals surface area contributed by atoms with Crippen LogP contribution in [0.25, 0.3) is 0 Å². The van der Waals surface area contributed by atoms with E-state index in [1.165, 1.54) is 25.7 Å². The van der Waals surface area contributed by atoms with Gasteiger partial charge in [0, 0.05) is 11.6 Å². The van der Waals surface area contributed by atoms with Gasteiger partial charge in [-0.3, -0.25) is 5.84 Å². The molecule has 3 fully saturated rings. The number of hydrogen-bond donors (Lipinski definition) is 1. The topological polar surface area (TPSA) is 29.3 Å². The zero-order chi connectivity index (χ0) is 8.06. The van der Waals surface area contributed by atoms with E-state index < -0.39 is 0 Å². The maximum atomic E-state index is 6.03. The Kier molecular flexibility index (Phi) is 1.52. The van der Waals surface area contributed by atoms with Crippen molar-refractivity contribution in [1.29, 1.82) is 0 Å². The van der Waals surface area contributed by atoms with E-state index in [9.17, 15) is 0 Å². The minimum Gasteiger partial charge on any atom is -0.268 e. The van der Waals surface area contributed by atoms with Crippen molar-refractivity contribution in [2.75, 3.05) is 0 Å². The van der Waals surface area contributed by atoms with Gasteiger partial charge in [0.25, 0.3) is 0 Å². The minimum atomic E-state index is 0.265. The first-order valence-electron chi connectivity index (χ1n) is 4.66. The van der Waals surface area contributed by atoms with Crippen molar-refractivity contribution in [3.63, 3.8) is 0 Å². The molecule has 2 nitrogen and oxygen atoms in total. The highest BCUT2D eigenvalue weighted by Gasteiger charge is 2.45. The molecular weight excluding hydrogens is 136 g/mol. The Morgan fingerprint density at radius 1 is 1.18 bits per heavy atom. The summed E-state index contributed by atoms with van der Waals surface area (Å²) in [5.41, 5.74) is 0.265. The van der Waals surface area contributed by atoms with E-state index in [-0.39, 0.29) is 5.54 Å². The Bertz CT molecular complexity index is 153. The number of rotatable bonds is 0. The van der Waals surface area contributed by atoms with Crippen LogP contribution in [-0.2, 0) is 0 Å². The van der Waals surface area contributed by atoms with Crippen molar-refractivity contribution in [3.05, 3.63) is 0 Å². The van der Waals surface area contributed by atoms with E-state index in [4.69, 9.17) is 5.84 Å². The summed E-state index contributed by atoms with van der Waals surface area (Å²) in [6, 6.07) is 0.676. The highest BCUT2D eigenvalue weighted by Crippen LogP contribution is 2.43. The van der Waals surface area contributed by atoms with Gasteiger partial charge in [-0.05, 0) is 45.4 Å². The van der Waals surface area contributed by atoms with Crippen LogP contribution in [0.3, 0.4) is 0 Å². The molecule has 64 valence electrons. The molecule has 2 bridgehead atoms. The van der Waals surface area contributed by atoms with E-state index in [0.717, 1.165) is 5.92 Å². The molecule has 1 aliphatic carbocycles. The molecule has 2 heteroatoms. The van der Waals surface area contributed by atoms with Gasteiger partial charge in [-0.2, -0.15) is 0 Å². The molecule has 0 aromatic heterocycles. The second-order valence-corrected chi connectivity index (χ2v) is 4.57. The van der Waals surface area contributed by atoms with Crippen molar-refractivity contribution in [2.45, 2.75) is 51.1 Å². The van der Waals surface area contributed by atoms with Crippen LogP contribution in [0, 0.1) is 5.92 Å². The average molecular weight is 154 g/mol. The summed E-state index contributed by atoms with van der Waals surface area (Å²) < 4.78 is 0. The van der Waals surface area contributed by atoms with E-state index >= 15 is 0 Å². The Morgan fingerprint density at radius 3 is 2.00 bits per heavy atom. The summed E-state index contributed by atoms with van der Waals surface area (Å²) in [6.07, 6.45) is 5.44. The monoisotopic (exact) mass is 154 g/mol. The molecule has 0 aromatic rings. The lowest BCUT2D eigenvalue weighted by atomic mass is 9.69. The summed E-state index contributed by atoms with van der Waals surface area (Å²) in [6.45, 7) is 4.56. The van der Waals surface area contributed by atoms with Crippen molar-refractivity contribution in [3.8, 4) is 0 Å². The summed E-state index contributed by atoms with van der Waals surface area (Å²) in [5.74, 6) is 6.88. The van der Waals surface area contributed by atoms with Gasteiger partial charge in [-0.15, -0.1) is 0 Å². The summed E-state index contributed by atoms with van der Waals surface area (Å²) in [5, 5.41) is 2.10. The van der Waals surface area contributed by atoms with Gasteiger partial charge in [0.05, 0.1) is 0 Å². The lowest BCUT2D eigenvalue weighted by Crippen LogP contribution is -2.64. The van der Waals surface area contributed by atoms with E-state index in [1.54, 1.807) is 0 Å². The SMILES string of the molecule is CC1(C)C2CCC(CC2)N1N. The molecule has 0 radical (unpaired) electrons. The van der Waals surface area contributed by atoms with Crippen LogP contribution in [0.15, 0.2) is 0 Å². The quantitative estimate of drug-likeness (QED) is 0.536. The number of nitrogens with zero attached hydrogens (tertiary/aromatic N) is 1. The number of nitrogens with two attached hydrogens (primary N) is 1. The third kappa shape index (κ3) is 0.926. The maximum Gasteiger partial charge on any atom is 0.0326 e. The summed E-state index contributed by atoms with van der Waals surface area (Å²) in [4.78, 5) is 0. The van der Waals surface area contributed by atoms with Gasteiger partial charge in [-0.1, -0.05) is 0 Å². The Hall–Kier alpha value is -0.0800. The van der Waals surface area contributed by atoms with Crippen LogP contribution in [-0.4, -0.2) is 16.6 Å². The van der Waals surface area contributed by atoms with Crippen LogP contribution < -0.4 is 5.84 Å². The predicted octanol–water partition coefficient (Wildman–Crippen LogP) is 1.51. The Labute approximate surface area is 68.7 Å². The number of fused-ring (bicyclic) bond motifs is 3. The molecule has 0 atom stereocenters. The molecule has 0 unspecified atom stereocenters. The zero-order valence-electron chi connectivity index (χ0n) is 7.51. The Morgan fingerprint density at radius 2 is 1.73 bits per heavy atom. The van der Waals surface area contributed by atoms with Crippen LogP contribution in [0.1, 0.15) is 39.5 Å². The molecule has 0 amide bonds. The molecule has 0 aromatic carbocycles. The third-order valence-corrected chi connectivity index (χ3v) is 3.75. The van der Waals surface area contributed by atoms with Gasteiger partial charge in [0.15, 0.2) is 0 Å². The van der Waals surface area contributed by atoms with E-state index in [2.05, 4.69) is 18.9 Å². The first-order chi connectivity index (χ1) is 5.12. The largest absolute Gasteiger partial charge is 0.268 e. The van der Waals surface area contributed by atoms with Crippen molar-refractivity contribution in [2.24, 2.45) is 11.8 Å². The third-order valence-electron chi connectivity index (χ3n) is 3.75. The minimum absolute atomic E-state index is 0.265. The fourth-order valence-electron chi connectivity index (χ4n) is 2.74. The molecule has 2 heterocycles. The molecule has 2 saturated heterocycles. The van der Waals surface area contributed by atoms with Crippen LogP contribution in [0.4, 0.5) is 0 Å². The molecule has 11 heavy (non-hydrogen) atoms. The van der Waals surface area contributed by atoms with Crippen LogP contribution >= 0.6 is 0 Å². The first kappa shape index (κ1) is 7.56. The van der Waals surface area contributed by atoms with E-state index in [1.807, 2.05) is 0 Å². The van der Waals surface area contributed by atoms with Crippen molar-refractivity contribution >= 4 is 0 Å². The van der Waals surface area contributed by atoms with Gasteiger partial charge in [-0.25, -0.2) is 5.01 Å². The lowest BCUT2D eigenvalue weighted by molar-refractivity contribution is -0.0682. The Balaban J connectivity index is 2.23. The van der Waals surface area contributed by atoms with Crippen LogP contribution in [0.5, 0.6) is 0 Å². The standard InChI is InChI=1S/C9H18N2/c1-9(2)7-3-5-8(6-4-7)11(9)10/h7-8H,3-6,10H2,1-2H3. The van der Waals surface area contributed by atoms with Crippen molar-refractivity contribution < 1.29 is 0 Å². The molecular formula is C9H18N2. The smallest absolute Gasteiger partial charge is 0.0326 e. The summed E-state index contributed by atoms with van der Waals surface area (Å²) >= 11 is 0. The average Bonchev–Trinajstić information content (AvgIpc) is 2.01. The zero-order valence-corrected chi connectivity index (χ0v) is 7.51. The normalized spacial score (nSPS) is 42.8. The van der Waals surface area contributed by atoms with E-state index in [0.29, 0.717) is 6.04 Å². The first-order valence-corrected chi connectivity index (χ1v) is 4.66.